The Morgan fingerprint density at radius 2 is 2.05 bits per heavy atom. The van der Waals surface area contributed by atoms with Gasteiger partial charge in [-0.15, -0.1) is 13.2 Å². The number of aliphatic hydroxyl groups excluding tert-OH is 1. The minimum absolute atomic E-state index is 0.154. The summed E-state index contributed by atoms with van der Waals surface area (Å²) in [7, 11) is 0. The predicted octanol–water partition coefficient (Wildman–Crippen LogP) is 3.51. The molecular formula is C28H35ClN2O6. The van der Waals surface area contributed by atoms with Crippen molar-refractivity contribution in [3.05, 3.63) is 54.6 Å². The van der Waals surface area contributed by atoms with E-state index in [0.29, 0.717) is 36.4 Å². The second-order valence-corrected chi connectivity index (χ2v) is 10.5. The van der Waals surface area contributed by atoms with Crippen LogP contribution in [-0.4, -0.2) is 70.8 Å². The summed E-state index contributed by atoms with van der Waals surface area (Å²) in [5.41, 5.74) is -1.64. The Morgan fingerprint density at radius 3 is 2.68 bits per heavy atom. The molecule has 37 heavy (non-hydrogen) atoms. The van der Waals surface area contributed by atoms with Gasteiger partial charge < -0.3 is 24.4 Å². The van der Waals surface area contributed by atoms with Crippen molar-refractivity contribution in [2.75, 3.05) is 24.7 Å². The number of hydrogen-bond acceptors (Lipinski definition) is 6. The third-order valence-corrected chi connectivity index (χ3v) is 8.45. The highest BCUT2D eigenvalue weighted by Gasteiger charge is 2.79. The fourth-order valence-electron chi connectivity index (χ4n) is 6.44. The Kier molecular flexibility index (Phi) is 7.83. The van der Waals surface area contributed by atoms with Gasteiger partial charge in [-0.25, -0.2) is 0 Å². The lowest BCUT2D eigenvalue weighted by molar-refractivity contribution is -0.161. The number of carbonyl (C=O) groups excluding carboxylic acids is 3. The van der Waals surface area contributed by atoms with Crippen molar-refractivity contribution in [3.63, 3.8) is 0 Å². The minimum Gasteiger partial charge on any atom is -0.465 e. The van der Waals surface area contributed by atoms with Crippen LogP contribution in [0.1, 0.15) is 39.5 Å². The van der Waals surface area contributed by atoms with Crippen molar-refractivity contribution in [2.24, 2.45) is 11.8 Å². The second kappa shape index (κ2) is 10.6. The van der Waals surface area contributed by atoms with Crippen LogP contribution >= 0.6 is 11.6 Å². The number of nitrogens with zero attached hydrogens (tertiary/aromatic N) is 2. The van der Waals surface area contributed by atoms with Crippen LogP contribution in [0.15, 0.2) is 49.6 Å². The third-order valence-electron chi connectivity index (χ3n) is 8.13. The smallest absolute Gasteiger partial charge is 0.312 e. The molecule has 3 aliphatic heterocycles. The van der Waals surface area contributed by atoms with E-state index in [2.05, 4.69) is 13.2 Å². The molecule has 1 aromatic carbocycles. The molecule has 2 unspecified atom stereocenters. The highest BCUT2D eigenvalue weighted by atomic mass is 35.5. The summed E-state index contributed by atoms with van der Waals surface area (Å²) >= 11 is 6.47. The molecule has 9 heteroatoms. The van der Waals surface area contributed by atoms with Crippen molar-refractivity contribution in [2.45, 2.75) is 62.8 Å². The van der Waals surface area contributed by atoms with Crippen molar-refractivity contribution < 1.29 is 29.0 Å². The van der Waals surface area contributed by atoms with Crippen LogP contribution < -0.4 is 4.90 Å². The lowest BCUT2D eigenvalue weighted by Crippen LogP contribution is -2.58. The number of fused-ring (bicyclic) bond motifs is 1. The summed E-state index contributed by atoms with van der Waals surface area (Å²) in [6, 6.07) is 5.24. The van der Waals surface area contributed by atoms with Gasteiger partial charge in [0.25, 0.3) is 5.91 Å². The van der Waals surface area contributed by atoms with Gasteiger partial charge in [-0.2, -0.15) is 0 Å². The molecule has 2 amide bonds. The molecule has 3 heterocycles. The maximum Gasteiger partial charge on any atom is 0.312 e. The Bertz CT molecular complexity index is 1090. The van der Waals surface area contributed by atoms with Crippen LogP contribution in [0.5, 0.6) is 0 Å². The van der Waals surface area contributed by atoms with Gasteiger partial charge in [0.1, 0.15) is 17.6 Å². The molecular weight excluding hydrogens is 496 g/mol. The average Bonchev–Trinajstić information content (AvgIpc) is 3.50. The average molecular weight is 531 g/mol. The maximum absolute atomic E-state index is 14.4. The zero-order valence-electron chi connectivity index (χ0n) is 21.4. The quantitative estimate of drug-likeness (QED) is 0.267. The summed E-state index contributed by atoms with van der Waals surface area (Å²) in [4.78, 5) is 44.8. The van der Waals surface area contributed by atoms with E-state index in [9.17, 15) is 19.5 Å². The van der Waals surface area contributed by atoms with Crippen molar-refractivity contribution in [3.8, 4) is 0 Å². The van der Waals surface area contributed by atoms with E-state index in [1.165, 1.54) is 9.80 Å². The number of amides is 2. The first-order valence-corrected chi connectivity index (χ1v) is 13.2. The molecule has 1 spiro atoms. The minimum atomic E-state index is -1.23. The van der Waals surface area contributed by atoms with E-state index in [1.54, 1.807) is 43.3 Å². The fraction of sp³-hybridized carbons (Fsp3) is 0.536. The molecule has 0 saturated carbocycles. The summed E-state index contributed by atoms with van der Waals surface area (Å²) < 4.78 is 12.3. The van der Waals surface area contributed by atoms with Gasteiger partial charge in [0.2, 0.25) is 5.91 Å². The molecule has 3 fully saturated rings. The van der Waals surface area contributed by atoms with E-state index in [-0.39, 0.29) is 25.7 Å². The van der Waals surface area contributed by atoms with E-state index >= 15 is 0 Å². The number of likely N-dealkylation sites (tertiary alicyclic amines) is 1. The van der Waals surface area contributed by atoms with Crippen LogP contribution in [0.3, 0.4) is 0 Å². The first-order valence-electron chi connectivity index (χ1n) is 12.8. The van der Waals surface area contributed by atoms with Gasteiger partial charge in [-0.3, -0.25) is 14.4 Å². The predicted molar refractivity (Wildman–Crippen MR) is 140 cm³/mol. The van der Waals surface area contributed by atoms with Crippen LogP contribution in [0, 0.1) is 11.8 Å². The molecule has 6 atom stereocenters. The maximum atomic E-state index is 14.4. The van der Waals surface area contributed by atoms with E-state index < -0.39 is 47.0 Å². The van der Waals surface area contributed by atoms with Gasteiger partial charge >= 0.3 is 5.97 Å². The monoisotopic (exact) mass is 530 g/mol. The molecule has 0 aromatic heterocycles. The Balaban J connectivity index is 1.82. The molecule has 200 valence electrons. The van der Waals surface area contributed by atoms with Crippen LogP contribution in [0.2, 0.25) is 5.02 Å². The molecule has 2 bridgehead atoms. The van der Waals surface area contributed by atoms with Gasteiger partial charge in [0.05, 0.1) is 41.5 Å². The molecule has 1 aromatic rings. The highest BCUT2D eigenvalue weighted by molar-refractivity contribution is 6.34. The Hall–Kier alpha value is -2.68. The summed E-state index contributed by atoms with van der Waals surface area (Å²) in [6.45, 7) is 11.0. The van der Waals surface area contributed by atoms with Gasteiger partial charge in [0.15, 0.2) is 0 Å². The number of ether oxygens (including phenoxy) is 2. The van der Waals surface area contributed by atoms with Crippen LogP contribution in [0.4, 0.5) is 5.69 Å². The number of aliphatic hydroxyl groups is 1. The third kappa shape index (κ3) is 4.19. The standard InChI is InChI=1S/C28H35ClN2O6/c1-5-8-16-36-26(35)22-21-24(33)31(18(4)17-32)23(28(21)14-13-27(22,7-3)37-28)25(34)30(15-6-2)20-12-10-9-11-19(20)29/h5-6,9-12,18,21-23,32H,1-2,7-8,13-17H2,3-4H3/t18-,21+,22+,23?,27-,28?/m1/s1. The topological polar surface area (TPSA) is 96.4 Å². The zero-order valence-corrected chi connectivity index (χ0v) is 22.2. The molecule has 3 saturated heterocycles. The van der Waals surface area contributed by atoms with Gasteiger partial charge in [0, 0.05) is 6.54 Å². The Morgan fingerprint density at radius 1 is 1.32 bits per heavy atom. The molecule has 3 aliphatic rings. The van der Waals surface area contributed by atoms with Crippen LogP contribution in [0.25, 0.3) is 0 Å². The molecule has 4 rings (SSSR count). The van der Waals surface area contributed by atoms with Gasteiger partial charge in [-0.1, -0.05) is 42.8 Å². The lowest BCUT2D eigenvalue weighted by Gasteiger charge is -2.38. The number of halogens is 1. The van der Waals surface area contributed by atoms with Crippen LogP contribution in [-0.2, 0) is 23.9 Å². The fourth-order valence-corrected chi connectivity index (χ4v) is 6.68. The molecule has 8 nitrogen and oxygen atoms in total. The second-order valence-electron chi connectivity index (χ2n) is 10.0. The highest BCUT2D eigenvalue weighted by Crippen LogP contribution is 2.65. The number of esters is 1. The first-order chi connectivity index (χ1) is 17.7. The molecule has 0 radical (unpaired) electrons. The zero-order chi connectivity index (χ0) is 27.0. The largest absolute Gasteiger partial charge is 0.465 e. The summed E-state index contributed by atoms with van der Waals surface area (Å²) in [5, 5.41) is 10.4. The number of anilines is 1. The number of hydrogen-bond donors (Lipinski definition) is 1. The SMILES string of the molecule is C=CCCOC(=O)[C@@H]1[C@H]2C(=O)N([C@H](C)CO)C(C(=O)N(CC=C)c3ccccc3Cl)C23CC[C@@]1(CC)O3. The molecule has 0 aliphatic carbocycles. The Labute approximate surface area is 222 Å². The van der Waals surface area contributed by atoms with E-state index in [0.717, 1.165) is 0 Å². The van der Waals surface area contributed by atoms with Crippen molar-refractivity contribution in [1.82, 2.24) is 4.90 Å². The van der Waals surface area contributed by atoms with Crippen molar-refractivity contribution in [1.29, 1.82) is 0 Å². The lowest BCUT2D eigenvalue weighted by atomic mass is 9.65. The number of para-hydroxylation sites is 1. The summed E-state index contributed by atoms with van der Waals surface area (Å²) in [5.74, 6) is -3.00. The molecule has 1 N–H and O–H groups in total. The number of carbonyl (C=O) groups is 3. The van der Waals surface area contributed by atoms with Crippen molar-refractivity contribution >= 4 is 35.1 Å². The number of benzene rings is 1. The van der Waals surface area contributed by atoms with E-state index in [1.807, 2.05) is 6.92 Å². The normalized spacial score (nSPS) is 30.6. The first kappa shape index (κ1) is 27.4. The number of rotatable bonds is 11. The van der Waals surface area contributed by atoms with E-state index in [4.69, 9.17) is 21.1 Å². The van der Waals surface area contributed by atoms with Gasteiger partial charge in [-0.05, 0) is 44.7 Å². The summed E-state index contributed by atoms with van der Waals surface area (Å²) in [6.07, 6.45) is 5.19.